The van der Waals surface area contributed by atoms with E-state index in [0.29, 0.717) is 44.8 Å². The van der Waals surface area contributed by atoms with Gasteiger partial charge in [-0.3, -0.25) is 4.79 Å². The molecular formula is C14H17BrFNO3. The quantitative estimate of drug-likeness (QED) is 0.831. The van der Waals surface area contributed by atoms with Crippen molar-refractivity contribution in [3.8, 4) is 0 Å². The van der Waals surface area contributed by atoms with E-state index in [1.807, 2.05) is 6.07 Å². The fourth-order valence-electron chi connectivity index (χ4n) is 1.97. The smallest absolute Gasteiger partial charge is 0.251 e. The lowest BCUT2D eigenvalue weighted by Crippen LogP contribution is -2.43. The molecular weight excluding hydrogens is 329 g/mol. The summed E-state index contributed by atoms with van der Waals surface area (Å²) in [5.41, 5.74) is 0.652. The lowest BCUT2D eigenvalue weighted by molar-refractivity contribution is -0.147. The number of amides is 1. The van der Waals surface area contributed by atoms with E-state index in [2.05, 4.69) is 21.2 Å². The number of nitrogens with one attached hydrogen (secondary N) is 1. The zero-order chi connectivity index (χ0) is 14.4. The van der Waals surface area contributed by atoms with Crippen LogP contribution in [0.5, 0.6) is 0 Å². The minimum absolute atomic E-state index is 0.166. The number of ether oxygens (including phenoxy) is 2. The largest absolute Gasteiger partial charge is 0.376 e. The second-order valence-corrected chi connectivity index (χ2v) is 5.48. The monoisotopic (exact) mass is 345 g/mol. The van der Waals surface area contributed by atoms with Crippen LogP contribution in [-0.4, -0.2) is 38.4 Å². The third kappa shape index (κ3) is 4.54. The van der Waals surface area contributed by atoms with Crippen LogP contribution < -0.4 is 5.32 Å². The van der Waals surface area contributed by atoms with Crippen molar-refractivity contribution in [2.75, 3.05) is 26.4 Å². The fraction of sp³-hybridized carbons (Fsp3) is 0.500. The van der Waals surface area contributed by atoms with Gasteiger partial charge in [-0.2, -0.15) is 0 Å². The third-order valence-corrected chi connectivity index (χ3v) is 3.54. The van der Waals surface area contributed by atoms with E-state index in [1.165, 1.54) is 6.07 Å². The molecule has 1 aliphatic rings. The first-order valence-corrected chi connectivity index (χ1v) is 7.37. The van der Waals surface area contributed by atoms with Crippen molar-refractivity contribution >= 4 is 21.8 Å². The highest BCUT2D eigenvalue weighted by Crippen LogP contribution is 2.16. The second-order valence-electron chi connectivity index (χ2n) is 4.56. The lowest BCUT2D eigenvalue weighted by atomic mass is 10.1. The Kier molecular flexibility index (Phi) is 5.94. The molecule has 1 amide bonds. The Bertz CT molecular complexity index is 464. The van der Waals surface area contributed by atoms with Crippen LogP contribution in [0.15, 0.2) is 22.7 Å². The zero-order valence-electron chi connectivity index (χ0n) is 11.0. The molecule has 0 radical (unpaired) electrons. The van der Waals surface area contributed by atoms with Crippen LogP contribution in [0, 0.1) is 5.82 Å². The molecule has 1 aromatic rings. The first-order valence-electron chi connectivity index (χ1n) is 6.58. The van der Waals surface area contributed by atoms with Gasteiger partial charge in [-0.1, -0.05) is 22.0 Å². The van der Waals surface area contributed by atoms with E-state index in [4.69, 9.17) is 9.47 Å². The second kappa shape index (κ2) is 7.71. The molecule has 2 rings (SSSR count). The van der Waals surface area contributed by atoms with Gasteiger partial charge in [0, 0.05) is 11.0 Å². The van der Waals surface area contributed by atoms with Gasteiger partial charge in [0.2, 0.25) is 0 Å². The SMILES string of the molecule is O=C(NCCCc1ccc(Br)cc1F)[C@H]1COCCO1. The number of aryl methyl sites for hydroxylation is 1. The van der Waals surface area contributed by atoms with E-state index in [0.717, 1.165) is 4.47 Å². The third-order valence-electron chi connectivity index (χ3n) is 3.05. The molecule has 0 saturated carbocycles. The van der Waals surface area contributed by atoms with Gasteiger partial charge in [-0.15, -0.1) is 0 Å². The molecule has 0 unspecified atom stereocenters. The Balaban J connectivity index is 1.69. The highest BCUT2D eigenvalue weighted by molar-refractivity contribution is 9.10. The number of carbonyl (C=O) groups is 1. The molecule has 1 fully saturated rings. The number of benzene rings is 1. The van der Waals surface area contributed by atoms with E-state index in [9.17, 15) is 9.18 Å². The predicted molar refractivity (Wildman–Crippen MR) is 76.0 cm³/mol. The number of halogens is 2. The van der Waals surface area contributed by atoms with E-state index >= 15 is 0 Å². The molecule has 1 atom stereocenters. The van der Waals surface area contributed by atoms with E-state index in [-0.39, 0.29) is 11.7 Å². The van der Waals surface area contributed by atoms with Gasteiger partial charge in [0.15, 0.2) is 6.10 Å². The first kappa shape index (κ1) is 15.4. The van der Waals surface area contributed by atoms with Gasteiger partial charge in [0.05, 0.1) is 19.8 Å². The summed E-state index contributed by atoms with van der Waals surface area (Å²) in [6.45, 7) is 1.77. The molecule has 0 aromatic heterocycles. The molecule has 4 nitrogen and oxygen atoms in total. The Morgan fingerprint density at radius 1 is 1.45 bits per heavy atom. The van der Waals surface area contributed by atoms with Crippen LogP contribution in [0.1, 0.15) is 12.0 Å². The summed E-state index contributed by atoms with van der Waals surface area (Å²) >= 11 is 3.22. The topological polar surface area (TPSA) is 47.6 Å². The summed E-state index contributed by atoms with van der Waals surface area (Å²) in [7, 11) is 0. The highest BCUT2D eigenvalue weighted by Gasteiger charge is 2.21. The Morgan fingerprint density at radius 3 is 3.00 bits per heavy atom. The highest BCUT2D eigenvalue weighted by atomic mass is 79.9. The molecule has 20 heavy (non-hydrogen) atoms. The summed E-state index contributed by atoms with van der Waals surface area (Å²) in [6.07, 6.45) is 0.743. The van der Waals surface area contributed by atoms with Gasteiger partial charge < -0.3 is 14.8 Å². The molecule has 1 N–H and O–H groups in total. The molecule has 6 heteroatoms. The van der Waals surface area contributed by atoms with Crippen molar-refractivity contribution in [1.29, 1.82) is 0 Å². The Morgan fingerprint density at radius 2 is 2.30 bits per heavy atom. The Labute approximate surface area is 125 Å². The molecule has 1 aromatic carbocycles. The predicted octanol–water partition coefficient (Wildman–Crippen LogP) is 2.05. The van der Waals surface area contributed by atoms with Crippen LogP contribution >= 0.6 is 15.9 Å². The van der Waals surface area contributed by atoms with Gasteiger partial charge >= 0.3 is 0 Å². The number of hydrogen-bond donors (Lipinski definition) is 1. The molecule has 0 bridgehead atoms. The number of carbonyl (C=O) groups excluding carboxylic acids is 1. The minimum Gasteiger partial charge on any atom is -0.376 e. The van der Waals surface area contributed by atoms with Crippen LogP contribution in [0.2, 0.25) is 0 Å². The van der Waals surface area contributed by atoms with Gasteiger partial charge in [0.25, 0.3) is 5.91 Å². The lowest BCUT2D eigenvalue weighted by Gasteiger charge is -2.22. The average Bonchev–Trinajstić information content (AvgIpc) is 2.46. The van der Waals surface area contributed by atoms with Crippen LogP contribution in [-0.2, 0) is 20.7 Å². The van der Waals surface area contributed by atoms with Crippen LogP contribution in [0.25, 0.3) is 0 Å². The molecule has 1 heterocycles. The van der Waals surface area contributed by atoms with Crippen LogP contribution in [0.4, 0.5) is 4.39 Å². The van der Waals surface area contributed by atoms with Gasteiger partial charge in [-0.25, -0.2) is 4.39 Å². The average molecular weight is 346 g/mol. The van der Waals surface area contributed by atoms with Crippen LogP contribution in [0.3, 0.4) is 0 Å². The standard InChI is InChI=1S/C14H17BrFNO3/c15-11-4-3-10(12(16)8-11)2-1-5-17-14(18)13-9-19-6-7-20-13/h3-4,8,13H,1-2,5-7,9H2,(H,17,18)/t13-/m1/s1. The molecule has 1 aliphatic heterocycles. The zero-order valence-corrected chi connectivity index (χ0v) is 12.6. The van der Waals surface area contributed by atoms with Crippen molar-refractivity contribution in [1.82, 2.24) is 5.32 Å². The van der Waals surface area contributed by atoms with Gasteiger partial charge in [0.1, 0.15) is 5.82 Å². The molecule has 1 saturated heterocycles. The first-order chi connectivity index (χ1) is 9.66. The van der Waals surface area contributed by atoms with Crippen molar-refractivity contribution in [2.45, 2.75) is 18.9 Å². The summed E-state index contributed by atoms with van der Waals surface area (Å²) in [5, 5.41) is 2.78. The molecule has 0 spiro atoms. The minimum atomic E-state index is -0.520. The maximum atomic E-state index is 13.6. The Hall–Kier alpha value is -0.980. The van der Waals surface area contributed by atoms with E-state index < -0.39 is 6.10 Å². The maximum Gasteiger partial charge on any atom is 0.251 e. The van der Waals surface area contributed by atoms with Crippen molar-refractivity contribution in [3.63, 3.8) is 0 Å². The number of rotatable bonds is 5. The molecule has 0 aliphatic carbocycles. The summed E-state index contributed by atoms with van der Waals surface area (Å²) in [4.78, 5) is 11.7. The number of hydrogen-bond acceptors (Lipinski definition) is 3. The van der Waals surface area contributed by atoms with Gasteiger partial charge in [-0.05, 0) is 30.5 Å². The normalized spacial score (nSPS) is 18.8. The molecule has 110 valence electrons. The van der Waals surface area contributed by atoms with Crippen molar-refractivity contribution in [3.05, 3.63) is 34.1 Å². The summed E-state index contributed by atoms with van der Waals surface area (Å²) < 4.78 is 24.7. The van der Waals surface area contributed by atoms with Crippen molar-refractivity contribution < 1.29 is 18.7 Å². The van der Waals surface area contributed by atoms with Crippen molar-refractivity contribution in [2.24, 2.45) is 0 Å². The fourth-order valence-corrected chi connectivity index (χ4v) is 2.30. The summed E-state index contributed by atoms with van der Waals surface area (Å²) in [5.74, 6) is -0.393. The summed E-state index contributed by atoms with van der Waals surface area (Å²) in [6, 6.07) is 5.00. The maximum absolute atomic E-state index is 13.6. The van der Waals surface area contributed by atoms with E-state index in [1.54, 1.807) is 6.07 Å².